The summed E-state index contributed by atoms with van der Waals surface area (Å²) in [4.78, 5) is 2.99. The molecule has 1 aromatic heterocycles. The molecule has 1 aliphatic heterocycles. The number of halogens is 3. The van der Waals surface area contributed by atoms with E-state index in [9.17, 15) is 8.78 Å². The van der Waals surface area contributed by atoms with Crippen LogP contribution in [0.4, 0.5) is 24.5 Å². The normalized spacial score (nSPS) is 15.6. The zero-order chi connectivity index (χ0) is 17.9. The minimum Gasteiger partial charge on any atom is -0.379 e. The van der Waals surface area contributed by atoms with Gasteiger partial charge in [-0.2, -0.15) is 0 Å². The predicted molar refractivity (Wildman–Crippen MR) is 94.5 cm³/mol. The number of hydrogen-bond acceptors (Lipinski definition) is 2. The number of benzene rings is 2. The maximum absolute atomic E-state index is 15.1. The molecule has 0 saturated carbocycles. The van der Waals surface area contributed by atoms with Gasteiger partial charge >= 0.3 is 0 Å². The molecule has 0 spiro atoms. The minimum atomic E-state index is -0.734. The fourth-order valence-electron chi connectivity index (χ4n) is 3.38. The van der Waals surface area contributed by atoms with Crippen LogP contribution in [0.5, 0.6) is 0 Å². The van der Waals surface area contributed by atoms with E-state index in [0.717, 1.165) is 11.6 Å². The van der Waals surface area contributed by atoms with Gasteiger partial charge in [0.1, 0.15) is 11.6 Å². The van der Waals surface area contributed by atoms with E-state index in [-0.39, 0.29) is 22.4 Å². The first-order valence-corrected chi connectivity index (χ1v) is 8.08. The van der Waals surface area contributed by atoms with Gasteiger partial charge in [0.25, 0.3) is 0 Å². The molecule has 25 heavy (non-hydrogen) atoms. The second-order valence-corrected chi connectivity index (χ2v) is 7.18. The molecule has 6 heteroatoms. The molecule has 3 aromatic rings. The number of aryl methyl sites for hydroxylation is 1. The van der Waals surface area contributed by atoms with Gasteiger partial charge in [-0.05, 0) is 44.5 Å². The molecule has 0 saturated heterocycles. The predicted octanol–water partition coefficient (Wildman–Crippen LogP) is 5.18. The van der Waals surface area contributed by atoms with Gasteiger partial charge in [0.15, 0.2) is 5.82 Å². The van der Waals surface area contributed by atoms with E-state index in [1.807, 2.05) is 20.8 Å². The highest BCUT2D eigenvalue weighted by Gasteiger charge is 2.29. The summed E-state index contributed by atoms with van der Waals surface area (Å²) in [7, 11) is 0. The van der Waals surface area contributed by atoms with Crippen LogP contribution in [0.2, 0.25) is 0 Å². The lowest BCUT2D eigenvalue weighted by atomic mass is 9.96. The molecule has 0 fully saturated rings. The third-order valence-corrected chi connectivity index (χ3v) is 4.63. The van der Waals surface area contributed by atoms with Crippen molar-refractivity contribution in [2.45, 2.75) is 26.3 Å². The molecule has 0 bridgehead atoms. The smallest absolute Gasteiger partial charge is 0.159 e. The molecule has 0 radical (unpaired) electrons. The van der Waals surface area contributed by atoms with E-state index < -0.39 is 17.5 Å². The Morgan fingerprint density at radius 1 is 1.08 bits per heavy atom. The van der Waals surface area contributed by atoms with Crippen LogP contribution in [0.15, 0.2) is 24.4 Å². The molecular formula is C19H18F3N3. The Morgan fingerprint density at radius 2 is 1.84 bits per heavy atom. The van der Waals surface area contributed by atoms with Gasteiger partial charge in [-0.25, -0.2) is 13.2 Å². The third kappa shape index (κ3) is 2.44. The van der Waals surface area contributed by atoms with Crippen molar-refractivity contribution in [2.75, 3.05) is 17.2 Å². The second-order valence-electron chi connectivity index (χ2n) is 7.18. The first kappa shape index (κ1) is 15.9. The molecule has 3 N–H and O–H groups in total. The number of aromatic amines is 1. The molecule has 2 aromatic carbocycles. The highest BCUT2D eigenvalue weighted by molar-refractivity contribution is 5.97. The number of rotatable bonds is 1. The minimum absolute atomic E-state index is 0.174. The first-order chi connectivity index (χ1) is 11.8. The summed E-state index contributed by atoms with van der Waals surface area (Å²) in [6, 6.07) is 3.78. The summed E-state index contributed by atoms with van der Waals surface area (Å²) in [6.07, 6.45) is 1.70. The summed E-state index contributed by atoms with van der Waals surface area (Å²) in [5, 5.41) is 6.75. The van der Waals surface area contributed by atoms with E-state index in [2.05, 4.69) is 15.6 Å². The molecule has 2 heterocycles. The number of nitrogens with one attached hydrogen (secondary N) is 3. The van der Waals surface area contributed by atoms with Crippen LogP contribution >= 0.6 is 0 Å². The number of hydrogen-bond donors (Lipinski definition) is 3. The van der Waals surface area contributed by atoms with Crippen molar-refractivity contribution in [1.82, 2.24) is 4.98 Å². The molecule has 0 atom stereocenters. The molecule has 3 nitrogen and oxygen atoms in total. The maximum Gasteiger partial charge on any atom is 0.159 e. The number of fused-ring (bicyclic) bond motifs is 2. The van der Waals surface area contributed by atoms with Crippen LogP contribution in [-0.2, 0) is 0 Å². The summed E-state index contributed by atoms with van der Waals surface area (Å²) in [5.41, 5.74) is 1.51. The fraction of sp³-hybridized carbons (Fsp3) is 0.263. The van der Waals surface area contributed by atoms with Crippen LogP contribution in [0.3, 0.4) is 0 Å². The molecule has 1 aliphatic rings. The molecule has 0 unspecified atom stereocenters. The number of anilines is 2. The quantitative estimate of drug-likeness (QED) is 0.569. The van der Waals surface area contributed by atoms with Crippen LogP contribution < -0.4 is 10.6 Å². The summed E-state index contributed by atoms with van der Waals surface area (Å²) in [5.74, 6) is -1.99. The van der Waals surface area contributed by atoms with Crippen molar-refractivity contribution >= 4 is 22.3 Å². The van der Waals surface area contributed by atoms with E-state index in [1.165, 1.54) is 12.1 Å². The van der Waals surface area contributed by atoms with Crippen molar-refractivity contribution in [1.29, 1.82) is 0 Å². The van der Waals surface area contributed by atoms with Gasteiger partial charge in [0.05, 0.1) is 22.5 Å². The van der Waals surface area contributed by atoms with Crippen molar-refractivity contribution in [3.63, 3.8) is 0 Å². The Kier molecular flexibility index (Phi) is 3.29. The summed E-state index contributed by atoms with van der Waals surface area (Å²) < 4.78 is 44.0. The summed E-state index contributed by atoms with van der Waals surface area (Å²) >= 11 is 0. The van der Waals surface area contributed by atoms with Gasteiger partial charge in [-0.15, -0.1) is 0 Å². The van der Waals surface area contributed by atoms with Crippen LogP contribution in [-0.4, -0.2) is 17.1 Å². The Balaban J connectivity index is 1.99. The van der Waals surface area contributed by atoms with Crippen LogP contribution in [0.1, 0.15) is 19.4 Å². The highest BCUT2D eigenvalue weighted by atomic mass is 19.1. The largest absolute Gasteiger partial charge is 0.379 e. The molecular weight excluding hydrogens is 327 g/mol. The van der Waals surface area contributed by atoms with Crippen molar-refractivity contribution in [3.05, 3.63) is 47.4 Å². The van der Waals surface area contributed by atoms with Gasteiger partial charge in [0, 0.05) is 29.2 Å². The van der Waals surface area contributed by atoms with Crippen LogP contribution in [0.25, 0.3) is 22.0 Å². The lowest BCUT2D eigenvalue weighted by Crippen LogP contribution is -2.42. The van der Waals surface area contributed by atoms with Gasteiger partial charge in [-0.1, -0.05) is 0 Å². The van der Waals surface area contributed by atoms with E-state index in [0.29, 0.717) is 23.1 Å². The highest BCUT2D eigenvalue weighted by Crippen LogP contribution is 2.41. The summed E-state index contributed by atoms with van der Waals surface area (Å²) in [6.45, 7) is 6.17. The molecule has 130 valence electrons. The first-order valence-electron chi connectivity index (χ1n) is 8.08. The zero-order valence-corrected chi connectivity index (χ0v) is 14.2. The SMILES string of the molecule is Cc1c[nH]c2c(-c3c(F)cc4c(c3F)NCC(C)(C)N4)cc(F)cc12. The monoisotopic (exact) mass is 345 g/mol. The Labute approximate surface area is 143 Å². The Bertz CT molecular complexity index is 1010. The number of H-pyrrole nitrogens is 1. The van der Waals surface area contributed by atoms with Crippen molar-refractivity contribution in [2.24, 2.45) is 0 Å². The average Bonchev–Trinajstić information content (AvgIpc) is 2.87. The van der Waals surface area contributed by atoms with Gasteiger partial charge < -0.3 is 15.6 Å². The standard InChI is InChI=1S/C19H18F3N3/c1-9-7-23-17-11(9)4-10(20)5-12(17)15-13(21)6-14-18(16(15)22)24-8-19(2,3)25-14/h4-7,23-25H,8H2,1-3H3. The zero-order valence-electron chi connectivity index (χ0n) is 14.2. The topological polar surface area (TPSA) is 39.9 Å². The molecule has 4 rings (SSSR count). The van der Waals surface area contributed by atoms with Crippen molar-refractivity contribution < 1.29 is 13.2 Å². The number of aromatic nitrogens is 1. The fourth-order valence-corrected chi connectivity index (χ4v) is 3.38. The lowest BCUT2D eigenvalue weighted by Gasteiger charge is -2.35. The second kappa shape index (κ2) is 5.18. The maximum atomic E-state index is 15.1. The van der Waals surface area contributed by atoms with Gasteiger partial charge in [0.2, 0.25) is 0 Å². The van der Waals surface area contributed by atoms with E-state index in [4.69, 9.17) is 0 Å². The van der Waals surface area contributed by atoms with Gasteiger partial charge in [-0.3, -0.25) is 0 Å². The molecule has 0 aliphatic carbocycles. The third-order valence-electron chi connectivity index (χ3n) is 4.63. The van der Waals surface area contributed by atoms with Crippen molar-refractivity contribution in [3.8, 4) is 11.1 Å². The van der Waals surface area contributed by atoms with Crippen LogP contribution in [0, 0.1) is 24.4 Å². The lowest BCUT2D eigenvalue weighted by molar-refractivity contribution is 0.561. The van der Waals surface area contributed by atoms with E-state index >= 15 is 4.39 Å². The average molecular weight is 345 g/mol. The van der Waals surface area contributed by atoms with E-state index in [1.54, 1.807) is 6.20 Å². The Hall–Kier alpha value is -2.63. The Morgan fingerprint density at radius 3 is 2.60 bits per heavy atom. The molecule has 0 amide bonds.